The number of carbonyl (C=O) groups excluding carboxylic acids is 1. The number of nitro groups is 1. The maximum Gasteiger partial charge on any atom is 0.407 e. The van der Waals surface area contributed by atoms with Crippen LogP contribution in [-0.4, -0.2) is 34.7 Å². The molecular weight excluding hydrogens is 396 g/mol. The number of nitrogens with zero attached hydrogens (tertiary/aromatic N) is 2. The van der Waals surface area contributed by atoms with E-state index in [0.717, 1.165) is 49.8 Å². The van der Waals surface area contributed by atoms with Gasteiger partial charge in [0.25, 0.3) is 0 Å². The Bertz CT molecular complexity index is 775. The normalized spacial score (nSPS) is 13.0. The van der Waals surface area contributed by atoms with Crippen LogP contribution in [0, 0.1) is 10.1 Å². The number of unbranched alkanes of at least 4 members (excludes halogenated alkanes) is 3. The summed E-state index contributed by atoms with van der Waals surface area (Å²) in [6.45, 7) is 6.64. The van der Waals surface area contributed by atoms with Crippen molar-refractivity contribution in [3.63, 3.8) is 0 Å². The van der Waals surface area contributed by atoms with Crippen LogP contribution >= 0.6 is 11.6 Å². The Kier molecular flexibility index (Phi) is 8.25. The molecule has 0 unspecified atom stereocenters. The van der Waals surface area contributed by atoms with Gasteiger partial charge < -0.3 is 15.4 Å². The van der Waals surface area contributed by atoms with E-state index in [1.807, 2.05) is 32.9 Å². The molecule has 160 valence electrons. The van der Waals surface area contributed by atoms with Gasteiger partial charge in [0.1, 0.15) is 11.3 Å². The molecule has 1 amide bonds. The minimum atomic E-state index is -0.497. The van der Waals surface area contributed by atoms with E-state index in [0.29, 0.717) is 18.8 Å². The number of halogens is 1. The summed E-state index contributed by atoms with van der Waals surface area (Å²) in [6, 6.07) is 0. The summed E-state index contributed by atoms with van der Waals surface area (Å²) in [5.41, 5.74) is 1.33. The quantitative estimate of drug-likeness (QED) is 0.247. The average Bonchev–Trinajstić information content (AvgIpc) is 2.61. The molecule has 0 bridgehead atoms. The molecule has 0 saturated heterocycles. The molecule has 1 heterocycles. The third-order valence-electron chi connectivity index (χ3n) is 4.33. The number of hydrogen-bond acceptors (Lipinski definition) is 6. The zero-order chi connectivity index (χ0) is 21.4. The van der Waals surface area contributed by atoms with Gasteiger partial charge >= 0.3 is 11.8 Å². The number of aryl methyl sites for hydroxylation is 1. The highest BCUT2D eigenvalue weighted by Gasteiger charge is 2.26. The first kappa shape index (κ1) is 22.9. The lowest BCUT2D eigenvalue weighted by Crippen LogP contribution is -2.32. The fraction of sp³-hybridized carbons (Fsp3) is 0.600. The van der Waals surface area contributed by atoms with Gasteiger partial charge in [0.2, 0.25) is 5.15 Å². The number of allylic oxidation sites excluding steroid dienone is 1. The Balaban J connectivity index is 1.77. The molecule has 0 aliphatic heterocycles. The van der Waals surface area contributed by atoms with Crippen molar-refractivity contribution in [3.8, 4) is 0 Å². The number of carbonyl (C=O) groups is 1. The molecule has 1 aromatic heterocycles. The minimum Gasteiger partial charge on any atom is -0.444 e. The predicted octanol–water partition coefficient (Wildman–Crippen LogP) is 5.10. The molecule has 1 aromatic rings. The van der Waals surface area contributed by atoms with Gasteiger partial charge in [-0.15, -0.1) is 0 Å². The molecule has 1 aliphatic rings. The van der Waals surface area contributed by atoms with Crippen LogP contribution < -0.4 is 10.6 Å². The fourth-order valence-corrected chi connectivity index (χ4v) is 3.33. The highest BCUT2D eigenvalue weighted by atomic mass is 35.5. The van der Waals surface area contributed by atoms with Gasteiger partial charge in [0.15, 0.2) is 0 Å². The summed E-state index contributed by atoms with van der Waals surface area (Å²) < 4.78 is 5.18. The van der Waals surface area contributed by atoms with Crippen molar-refractivity contribution >= 4 is 35.1 Å². The number of rotatable bonds is 9. The smallest absolute Gasteiger partial charge is 0.407 e. The van der Waals surface area contributed by atoms with Gasteiger partial charge in [-0.25, -0.2) is 9.78 Å². The van der Waals surface area contributed by atoms with Gasteiger partial charge in [0, 0.05) is 18.7 Å². The van der Waals surface area contributed by atoms with Crippen molar-refractivity contribution in [3.05, 3.63) is 32.6 Å². The van der Waals surface area contributed by atoms with E-state index in [1.165, 1.54) is 0 Å². The van der Waals surface area contributed by atoms with Crippen LogP contribution in [0.2, 0.25) is 5.15 Å². The summed E-state index contributed by atoms with van der Waals surface area (Å²) in [5, 5.41) is 17.3. The maximum atomic E-state index is 11.6. The molecule has 1 aliphatic carbocycles. The van der Waals surface area contributed by atoms with Gasteiger partial charge in [-0.05, 0) is 46.5 Å². The average molecular weight is 425 g/mol. The topological polar surface area (TPSA) is 106 Å². The lowest BCUT2D eigenvalue weighted by atomic mass is 10.0. The molecule has 0 radical (unpaired) electrons. The summed E-state index contributed by atoms with van der Waals surface area (Å²) >= 11 is 6.06. The molecule has 29 heavy (non-hydrogen) atoms. The van der Waals surface area contributed by atoms with Crippen LogP contribution in [0.5, 0.6) is 0 Å². The van der Waals surface area contributed by atoms with Crippen molar-refractivity contribution in [1.29, 1.82) is 0 Å². The van der Waals surface area contributed by atoms with Crippen molar-refractivity contribution in [2.75, 3.05) is 18.4 Å². The minimum absolute atomic E-state index is 0.0697. The number of alkyl carbamates (subject to hydrolysis) is 1. The van der Waals surface area contributed by atoms with Crippen molar-refractivity contribution < 1.29 is 14.5 Å². The standard InChI is InChI=1S/C20H29ClN4O4/c1-20(2,3)29-19(26)23-13-9-5-4-8-12-22-16-14-10-6-7-11-15(14)24-18(21)17(16)25(27)28/h6,10H,4-5,7-9,11-13H2,1-3H3,(H,22,24)(H,23,26). The maximum absolute atomic E-state index is 11.6. The number of nitrogens with one attached hydrogen (secondary N) is 2. The Morgan fingerprint density at radius 2 is 1.97 bits per heavy atom. The number of pyridine rings is 1. The largest absolute Gasteiger partial charge is 0.444 e. The number of fused-ring (bicyclic) bond motifs is 1. The highest BCUT2D eigenvalue weighted by Crippen LogP contribution is 2.38. The number of amides is 1. The Labute approximate surface area is 176 Å². The number of anilines is 1. The van der Waals surface area contributed by atoms with E-state index in [-0.39, 0.29) is 10.8 Å². The van der Waals surface area contributed by atoms with E-state index < -0.39 is 16.6 Å². The van der Waals surface area contributed by atoms with Crippen molar-refractivity contribution in [1.82, 2.24) is 10.3 Å². The first-order valence-corrected chi connectivity index (χ1v) is 10.3. The van der Waals surface area contributed by atoms with Crippen molar-refractivity contribution in [2.45, 2.75) is 64.9 Å². The number of aromatic nitrogens is 1. The molecule has 8 nitrogen and oxygen atoms in total. The van der Waals surface area contributed by atoms with E-state index in [1.54, 1.807) is 0 Å². The fourth-order valence-electron chi connectivity index (χ4n) is 3.07. The second-order valence-electron chi connectivity index (χ2n) is 7.95. The van der Waals surface area contributed by atoms with Crippen LogP contribution in [-0.2, 0) is 11.2 Å². The van der Waals surface area contributed by atoms with Crippen LogP contribution in [0.25, 0.3) is 6.08 Å². The van der Waals surface area contributed by atoms with Crippen LogP contribution in [0.3, 0.4) is 0 Å². The first-order valence-electron chi connectivity index (χ1n) is 9.93. The van der Waals surface area contributed by atoms with Gasteiger partial charge in [0.05, 0.1) is 10.6 Å². The molecule has 0 spiro atoms. The predicted molar refractivity (Wildman–Crippen MR) is 114 cm³/mol. The van der Waals surface area contributed by atoms with E-state index in [9.17, 15) is 14.9 Å². The third kappa shape index (κ3) is 7.20. The van der Waals surface area contributed by atoms with E-state index >= 15 is 0 Å². The summed E-state index contributed by atoms with van der Waals surface area (Å²) in [7, 11) is 0. The van der Waals surface area contributed by atoms with Gasteiger partial charge in [-0.3, -0.25) is 10.1 Å². The first-order chi connectivity index (χ1) is 13.7. The molecule has 2 rings (SSSR count). The highest BCUT2D eigenvalue weighted by molar-refractivity contribution is 6.32. The van der Waals surface area contributed by atoms with E-state index in [4.69, 9.17) is 16.3 Å². The molecule has 0 atom stereocenters. The van der Waals surface area contributed by atoms with Crippen molar-refractivity contribution in [2.24, 2.45) is 0 Å². The molecule has 2 N–H and O–H groups in total. The Hall–Kier alpha value is -2.35. The van der Waals surface area contributed by atoms with Crippen LogP contribution in [0.4, 0.5) is 16.2 Å². The second-order valence-corrected chi connectivity index (χ2v) is 8.31. The summed E-state index contributed by atoms with van der Waals surface area (Å²) in [6.07, 6.45) is 8.61. The summed E-state index contributed by atoms with van der Waals surface area (Å²) in [5.74, 6) is 0. The lowest BCUT2D eigenvalue weighted by molar-refractivity contribution is -0.384. The van der Waals surface area contributed by atoms with E-state index in [2.05, 4.69) is 15.6 Å². The molecule has 9 heteroatoms. The zero-order valence-corrected chi connectivity index (χ0v) is 18.0. The SMILES string of the molecule is CC(C)(C)OC(=O)NCCCCCCNc1c2c(nc(Cl)c1[N+](=O)[O-])CCC=C2. The Morgan fingerprint density at radius 3 is 2.62 bits per heavy atom. The summed E-state index contributed by atoms with van der Waals surface area (Å²) in [4.78, 5) is 26.7. The van der Waals surface area contributed by atoms with Crippen LogP contribution in [0.15, 0.2) is 6.08 Å². The second kappa shape index (κ2) is 10.4. The van der Waals surface area contributed by atoms with Crippen LogP contribution in [0.1, 0.15) is 64.1 Å². The number of hydrogen-bond donors (Lipinski definition) is 2. The lowest BCUT2D eigenvalue weighted by Gasteiger charge is -2.19. The Morgan fingerprint density at radius 1 is 1.28 bits per heavy atom. The third-order valence-corrected chi connectivity index (χ3v) is 4.60. The zero-order valence-electron chi connectivity index (χ0n) is 17.2. The monoisotopic (exact) mass is 424 g/mol. The molecule has 0 fully saturated rings. The molecule has 0 saturated carbocycles. The number of ether oxygens (including phenoxy) is 1. The van der Waals surface area contributed by atoms with Gasteiger partial charge in [-0.1, -0.05) is 36.6 Å². The molecular formula is C20H29ClN4O4. The molecule has 0 aromatic carbocycles. The van der Waals surface area contributed by atoms with Gasteiger partial charge in [-0.2, -0.15) is 0 Å².